The first kappa shape index (κ1) is 25.0. The number of hydrogen-bond donors (Lipinski definition) is 2. The molecule has 1 aliphatic heterocycles. The minimum Gasteiger partial charge on any atom is -0.454 e. The van der Waals surface area contributed by atoms with Crippen LogP contribution >= 0.6 is 11.6 Å². The summed E-state index contributed by atoms with van der Waals surface area (Å²) in [5, 5.41) is 10.3. The van der Waals surface area contributed by atoms with E-state index in [-0.39, 0.29) is 10.8 Å². The maximum absolute atomic E-state index is 12.5. The number of piperazine rings is 1. The third-order valence-corrected chi connectivity index (χ3v) is 6.94. The highest BCUT2D eigenvalue weighted by Crippen LogP contribution is 2.17. The van der Waals surface area contributed by atoms with Gasteiger partial charge in [0, 0.05) is 36.9 Å². The van der Waals surface area contributed by atoms with Gasteiger partial charge in [0.25, 0.3) is 5.91 Å². The summed E-state index contributed by atoms with van der Waals surface area (Å²) in [6, 6.07) is 13.6. The van der Waals surface area contributed by atoms with Gasteiger partial charge in [-0.15, -0.1) is 0 Å². The van der Waals surface area contributed by atoms with Crippen LogP contribution in [0.2, 0.25) is 5.02 Å². The van der Waals surface area contributed by atoms with Gasteiger partial charge < -0.3 is 19.6 Å². The van der Waals surface area contributed by atoms with Gasteiger partial charge in [-0.25, -0.2) is 8.42 Å². The summed E-state index contributed by atoms with van der Waals surface area (Å²) in [7, 11) is -4.13. The molecule has 178 valence electrons. The predicted molar refractivity (Wildman–Crippen MR) is 123 cm³/mol. The summed E-state index contributed by atoms with van der Waals surface area (Å²) >= 11 is 5.77. The Morgan fingerprint density at radius 3 is 2.24 bits per heavy atom. The van der Waals surface area contributed by atoms with Crippen molar-refractivity contribution < 1.29 is 27.9 Å². The van der Waals surface area contributed by atoms with Gasteiger partial charge in [-0.05, 0) is 43.3 Å². The lowest BCUT2D eigenvalue weighted by Gasteiger charge is -2.36. The summed E-state index contributed by atoms with van der Waals surface area (Å²) in [5.41, 5.74) is 1.07. The Labute approximate surface area is 197 Å². The molecule has 33 heavy (non-hydrogen) atoms. The number of aliphatic hydroxyl groups is 1. The van der Waals surface area contributed by atoms with Crippen LogP contribution in [0.1, 0.15) is 6.92 Å². The zero-order valence-corrected chi connectivity index (χ0v) is 19.6. The van der Waals surface area contributed by atoms with Crippen LogP contribution in [-0.2, 0) is 24.3 Å². The monoisotopic (exact) mass is 495 g/mol. The first-order valence-corrected chi connectivity index (χ1v) is 12.2. The fourth-order valence-electron chi connectivity index (χ4n) is 3.36. The number of ether oxygens (including phenoxy) is 1. The van der Waals surface area contributed by atoms with Crippen molar-refractivity contribution >= 4 is 39.2 Å². The highest BCUT2D eigenvalue weighted by Gasteiger charge is 2.32. The summed E-state index contributed by atoms with van der Waals surface area (Å²) in [5.74, 6) is -1.43. The number of esters is 1. The van der Waals surface area contributed by atoms with Crippen LogP contribution in [0.25, 0.3) is 0 Å². The van der Waals surface area contributed by atoms with Gasteiger partial charge in [-0.1, -0.05) is 29.8 Å². The van der Waals surface area contributed by atoms with E-state index in [1.807, 2.05) is 30.3 Å². The number of sulfonamides is 1. The van der Waals surface area contributed by atoms with E-state index in [0.29, 0.717) is 31.2 Å². The zero-order chi connectivity index (χ0) is 24.0. The van der Waals surface area contributed by atoms with E-state index >= 15 is 0 Å². The predicted octanol–water partition coefficient (Wildman–Crippen LogP) is 1.26. The largest absolute Gasteiger partial charge is 0.454 e. The second-order valence-electron chi connectivity index (χ2n) is 7.60. The molecular weight excluding hydrogens is 470 g/mol. The number of anilines is 1. The van der Waals surface area contributed by atoms with Crippen LogP contribution in [0, 0.1) is 0 Å². The van der Waals surface area contributed by atoms with Crippen molar-refractivity contribution in [2.45, 2.75) is 24.0 Å². The molecule has 0 unspecified atom stereocenters. The quantitative estimate of drug-likeness (QED) is 0.529. The Balaban J connectivity index is 1.53. The topological polar surface area (TPSA) is 116 Å². The summed E-state index contributed by atoms with van der Waals surface area (Å²) in [6.45, 7) is 2.92. The lowest BCUT2D eigenvalue weighted by molar-refractivity contribution is -0.155. The van der Waals surface area contributed by atoms with E-state index in [4.69, 9.17) is 16.3 Å². The third kappa shape index (κ3) is 6.67. The molecule has 2 aromatic rings. The molecule has 1 aliphatic rings. The van der Waals surface area contributed by atoms with E-state index < -0.39 is 34.7 Å². The Hall–Kier alpha value is -2.66. The first-order valence-electron chi connectivity index (χ1n) is 10.4. The fourth-order valence-corrected chi connectivity index (χ4v) is 4.74. The van der Waals surface area contributed by atoms with Gasteiger partial charge in [-0.3, -0.25) is 9.59 Å². The molecule has 2 atom stereocenters. The van der Waals surface area contributed by atoms with Crippen LogP contribution < -0.4 is 9.62 Å². The van der Waals surface area contributed by atoms with Crippen molar-refractivity contribution in [1.82, 2.24) is 9.62 Å². The summed E-state index contributed by atoms with van der Waals surface area (Å²) in [6.07, 6.45) is -1.39. The molecule has 1 heterocycles. The smallest absolute Gasteiger partial charge is 0.327 e. The van der Waals surface area contributed by atoms with E-state index in [2.05, 4.69) is 9.62 Å². The van der Waals surface area contributed by atoms with Crippen LogP contribution in [0.5, 0.6) is 0 Å². The second kappa shape index (κ2) is 11.0. The van der Waals surface area contributed by atoms with Crippen LogP contribution in [0.4, 0.5) is 5.69 Å². The molecule has 0 aliphatic carbocycles. The van der Waals surface area contributed by atoms with E-state index in [1.54, 1.807) is 4.90 Å². The number of nitrogens with zero attached hydrogens (tertiary/aromatic N) is 2. The number of aliphatic hydroxyl groups excluding tert-OH is 1. The molecule has 1 saturated heterocycles. The number of amides is 1. The molecule has 3 rings (SSSR count). The Morgan fingerprint density at radius 2 is 1.67 bits per heavy atom. The van der Waals surface area contributed by atoms with E-state index in [1.165, 1.54) is 31.2 Å². The SMILES string of the molecule is C[C@H](O)[C@@H](NS(=O)(=O)c1ccc(Cl)cc1)C(=O)OCC(=O)N1CCN(c2ccccc2)CC1. The Morgan fingerprint density at radius 1 is 1.06 bits per heavy atom. The van der Waals surface area contributed by atoms with Crippen molar-refractivity contribution in [2.24, 2.45) is 0 Å². The van der Waals surface area contributed by atoms with Crippen molar-refractivity contribution in [2.75, 3.05) is 37.7 Å². The second-order valence-corrected chi connectivity index (χ2v) is 9.75. The summed E-state index contributed by atoms with van der Waals surface area (Å²) < 4.78 is 32.3. The minimum atomic E-state index is -4.13. The van der Waals surface area contributed by atoms with Crippen molar-refractivity contribution in [3.8, 4) is 0 Å². The fraction of sp³-hybridized carbons (Fsp3) is 0.364. The Bertz CT molecular complexity index is 1060. The zero-order valence-electron chi connectivity index (χ0n) is 18.1. The standard InChI is InChI=1S/C22H26ClN3O6S/c1-16(27)21(24-33(30,31)19-9-7-17(23)8-10-19)22(29)32-15-20(28)26-13-11-25(12-14-26)18-5-3-2-4-6-18/h2-10,16,21,24,27H,11-15H2,1H3/t16-,21+/m0/s1. The first-order chi connectivity index (χ1) is 15.7. The molecule has 0 aromatic heterocycles. The number of carbonyl (C=O) groups is 2. The molecule has 0 saturated carbocycles. The van der Waals surface area contributed by atoms with Gasteiger partial charge in [0.05, 0.1) is 11.0 Å². The average molecular weight is 496 g/mol. The third-order valence-electron chi connectivity index (χ3n) is 5.23. The number of hydrogen-bond acceptors (Lipinski definition) is 7. The normalized spacial score (nSPS) is 16.2. The van der Waals surface area contributed by atoms with Crippen LogP contribution in [-0.4, -0.2) is 75.2 Å². The molecule has 11 heteroatoms. The maximum atomic E-state index is 12.5. The van der Waals surface area contributed by atoms with Crippen molar-refractivity contribution in [3.63, 3.8) is 0 Å². The molecular formula is C22H26ClN3O6S. The summed E-state index contributed by atoms with van der Waals surface area (Å²) in [4.78, 5) is 28.6. The van der Waals surface area contributed by atoms with Gasteiger partial charge in [0.2, 0.25) is 10.0 Å². The molecule has 1 fully saturated rings. The highest BCUT2D eigenvalue weighted by atomic mass is 35.5. The average Bonchev–Trinajstić information content (AvgIpc) is 2.81. The Kier molecular flexibility index (Phi) is 8.30. The van der Waals surface area contributed by atoms with Gasteiger partial charge in [0.1, 0.15) is 6.04 Å². The number of rotatable bonds is 8. The van der Waals surface area contributed by atoms with Crippen LogP contribution in [0.3, 0.4) is 0 Å². The van der Waals surface area contributed by atoms with Gasteiger partial charge in [-0.2, -0.15) is 4.72 Å². The van der Waals surface area contributed by atoms with E-state index in [9.17, 15) is 23.1 Å². The molecule has 0 radical (unpaired) electrons. The lowest BCUT2D eigenvalue weighted by atomic mass is 10.2. The number of para-hydroxylation sites is 1. The minimum absolute atomic E-state index is 0.127. The molecule has 1 amide bonds. The molecule has 9 nitrogen and oxygen atoms in total. The maximum Gasteiger partial charge on any atom is 0.327 e. The molecule has 2 aromatic carbocycles. The van der Waals surface area contributed by atoms with Crippen molar-refractivity contribution in [3.05, 3.63) is 59.6 Å². The molecule has 0 spiro atoms. The molecule has 0 bridgehead atoms. The van der Waals surface area contributed by atoms with Crippen molar-refractivity contribution in [1.29, 1.82) is 0 Å². The number of benzene rings is 2. The highest BCUT2D eigenvalue weighted by molar-refractivity contribution is 7.89. The number of halogens is 1. The number of nitrogens with one attached hydrogen (secondary N) is 1. The van der Waals surface area contributed by atoms with Gasteiger partial charge >= 0.3 is 5.97 Å². The van der Waals surface area contributed by atoms with E-state index in [0.717, 1.165) is 5.69 Å². The lowest BCUT2D eigenvalue weighted by Crippen LogP contribution is -2.51. The molecule has 2 N–H and O–H groups in total. The van der Waals surface area contributed by atoms with Crippen LogP contribution in [0.15, 0.2) is 59.5 Å². The number of carbonyl (C=O) groups excluding carboxylic acids is 2. The van der Waals surface area contributed by atoms with Gasteiger partial charge in [0.15, 0.2) is 6.61 Å².